The topological polar surface area (TPSA) is 93.9 Å². The quantitative estimate of drug-likeness (QED) is 0.640. The van der Waals surface area contributed by atoms with Crippen LogP contribution in [0.1, 0.15) is 0 Å². The molecule has 0 aliphatic carbocycles. The van der Waals surface area contributed by atoms with Crippen LogP contribution in [0.4, 0.5) is 11.4 Å². The van der Waals surface area contributed by atoms with Crippen LogP contribution in [0.2, 0.25) is 0 Å². The second kappa shape index (κ2) is 7.00. The Morgan fingerprint density at radius 2 is 2.19 bits per heavy atom. The summed E-state index contributed by atoms with van der Waals surface area (Å²) < 4.78 is 10.3. The predicted octanol–water partition coefficient (Wildman–Crippen LogP) is 0.874. The summed E-state index contributed by atoms with van der Waals surface area (Å²) >= 11 is 0. The lowest BCUT2D eigenvalue weighted by Crippen LogP contribution is -2.41. The third-order valence-corrected chi connectivity index (χ3v) is 3.14. The largest absolute Gasteiger partial charge is 0.495 e. The van der Waals surface area contributed by atoms with Gasteiger partial charge in [-0.3, -0.25) is 19.8 Å². The highest BCUT2D eigenvalue weighted by atomic mass is 16.6. The highest BCUT2D eigenvalue weighted by Crippen LogP contribution is 2.28. The summed E-state index contributed by atoms with van der Waals surface area (Å²) in [5.41, 5.74) is 0.197. The van der Waals surface area contributed by atoms with Gasteiger partial charge in [0.05, 0.1) is 37.5 Å². The van der Waals surface area contributed by atoms with Crippen molar-refractivity contribution < 1.29 is 19.2 Å². The van der Waals surface area contributed by atoms with Crippen molar-refractivity contribution in [1.82, 2.24) is 4.90 Å². The molecule has 8 nitrogen and oxygen atoms in total. The van der Waals surface area contributed by atoms with E-state index in [2.05, 4.69) is 5.32 Å². The van der Waals surface area contributed by atoms with E-state index in [1.807, 2.05) is 4.90 Å². The number of hydrogen-bond acceptors (Lipinski definition) is 6. The molecule has 0 aromatic heterocycles. The third-order valence-electron chi connectivity index (χ3n) is 3.14. The highest BCUT2D eigenvalue weighted by molar-refractivity contribution is 5.94. The first-order valence-corrected chi connectivity index (χ1v) is 6.52. The van der Waals surface area contributed by atoms with Crippen LogP contribution in [-0.2, 0) is 9.53 Å². The smallest absolute Gasteiger partial charge is 0.271 e. The lowest BCUT2D eigenvalue weighted by molar-refractivity contribution is -0.384. The first-order chi connectivity index (χ1) is 10.1. The Morgan fingerprint density at radius 3 is 2.81 bits per heavy atom. The van der Waals surface area contributed by atoms with E-state index < -0.39 is 4.92 Å². The van der Waals surface area contributed by atoms with Gasteiger partial charge in [0.15, 0.2) is 0 Å². The number of ether oxygens (including phenoxy) is 2. The van der Waals surface area contributed by atoms with Crippen LogP contribution >= 0.6 is 0 Å². The molecule has 1 saturated heterocycles. The fourth-order valence-corrected chi connectivity index (χ4v) is 2.06. The average Bonchev–Trinajstić information content (AvgIpc) is 2.48. The molecule has 0 saturated carbocycles. The van der Waals surface area contributed by atoms with E-state index in [9.17, 15) is 14.9 Å². The second-order valence-corrected chi connectivity index (χ2v) is 4.58. The summed E-state index contributed by atoms with van der Waals surface area (Å²) in [6.45, 7) is 2.81. The molecule has 2 rings (SSSR count). The number of nitro groups is 1. The molecule has 0 spiro atoms. The zero-order valence-corrected chi connectivity index (χ0v) is 11.7. The molecular formula is C13H17N3O5. The van der Waals surface area contributed by atoms with Crippen LogP contribution in [0.5, 0.6) is 5.75 Å². The number of nitrogens with zero attached hydrogens (tertiary/aromatic N) is 2. The minimum Gasteiger partial charge on any atom is -0.495 e. The van der Waals surface area contributed by atoms with E-state index in [1.54, 1.807) is 0 Å². The summed E-state index contributed by atoms with van der Waals surface area (Å²) in [5, 5.41) is 13.4. The van der Waals surface area contributed by atoms with E-state index in [1.165, 1.54) is 25.3 Å². The van der Waals surface area contributed by atoms with Gasteiger partial charge in [-0.2, -0.15) is 0 Å². The summed E-state index contributed by atoms with van der Waals surface area (Å²) in [6.07, 6.45) is 0. The zero-order chi connectivity index (χ0) is 15.2. The number of carbonyl (C=O) groups excluding carboxylic acids is 1. The maximum absolute atomic E-state index is 12.0. The average molecular weight is 295 g/mol. The number of amides is 1. The van der Waals surface area contributed by atoms with E-state index in [4.69, 9.17) is 9.47 Å². The van der Waals surface area contributed by atoms with Crippen molar-refractivity contribution in [3.8, 4) is 5.75 Å². The number of non-ortho nitro benzene ring substituents is 1. The number of anilines is 1. The molecule has 1 fully saturated rings. The molecule has 114 valence electrons. The number of methoxy groups -OCH3 is 1. The van der Waals surface area contributed by atoms with Gasteiger partial charge < -0.3 is 14.8 Å². The lowest BCUT2D eigenvalue weighted by Gasteiger charge is -2.25. The molecule has 0 atom stereocenters. The second-order valence-electron chi connectivity index (χ2n) is 4.58. The van der Waals surface area contributed by atoms with E-state index in [0.717, 1.165) is 0 Å². The number of benzene rings is 1. The summed E-state index contributed by atoms with van der Waals surface area (Å²) in [7, 11) is 1.44. The van der Waals surface area contributed by atoms with Gasteiger partial charge in [-0.15, -0.1) is 0 Å². The van der Waals surface area contributed by atoms with Crippen LogP contribution in [0, 0.1) is 10.1 Å². The lowest BCUT2D eigenvalue weighted by atomic mass is 10.2. The molecule has 0 radical (unpaired) electrons. The maximum Gasteiger partial charge on any atom is 0.271 e. The van der Waals surface area contributed by atoms with Crippen molar-refractivity contribution in [2.75, 3.05) is 45.3 Å². The fourth-order valence-electron chi connectivity index (χ4n) is 2.06. The Bertz CT molecular complexity index is 529. The maximum atomic E-state index is 12.0. The molecule has 8 heteroatoms. The van der Waals surface area contributed by atoms with Crippen molar-refractivity contribution in [3.63, 3.8) is 0 Å². The van der Waals surface area contributed by atoms with Gasteiger partial charge in [0, 0.05) is 25.2 Å². The molecule has 1 aromatic rings. The molecule has 0 bridgehead atoms. The van der Waals surface area contributed by atoms with Gasteiger partial charge in [-0.25, -0.2) is 0 Å². The van der Waals surface area contributed by atoms with Crippen LogP contribution in [0.25, 0.3) is 0 Å². The Balaban J connectivity index is 2.04. The molecule has 1 N–H and O–H groups in total. The summed E-state index contributed by atoms with van der Waals surface area (Å²) in [6, 6.07) is 4.08. The van der Waals surface area contributed by atoms with Crippen molar-refractivity contribution >= 4 is 17.3 Å². The van der Waals surface area contributed by atoms with E-state index >= 15 is 0 Å². The third kappa shape index (κ3) is 4.14. The molecule has 1 amide bonds. The van der Waals surface area contributed by atoms with Gasteiger partial charge >= 0.3 is 0 Å². The van der Waals surface area contributed by atoms with Gasteiger partial charge in [-0.05, 0) is 6.07 Å². The van der Waals surface area contributed by atoms with Gasteiger partial charge in [0.1, 0.15) is 5.75 Å². The highest BCUT2D eigenvalue weighted by Gasteiger charge is 2.17. The normalized spacial score (nSPS) is 15.5. The molecular weight excluding hydrogens is 278 g/mol. The molecule has 21 heavy (non-hydrogen) atoms. The molecule has 1 aliphatic heterocycles. The van der Waals surface area contributed by atoms with Crippen LogP contribution in [-0.4, -0.2) is 55.7 Å². The van der Waals surface area contributed by atoms with Crippen molar-refractivity contribution in [2.45, 2.75) is 0 Å². The minimum absolute atomic E-state index is 0.0996. The van der Waals surface area contributed by atoms with E-state index in [-0.39, 0.29) is 18.1 Å². The monoisotopic (exact) mass is 295 g/mol. The Kier molecular flexibility index (Phi) is 5.07. The number of morpholine rings is 1. The standard InChI is InChI=1S/C13H17N3O5/c1-20-12-3-2-10(16(18)19)8-11(12)14-13(17)9-15-4-6-21-7-5-15/h2-3,8H,4-7,9H2,1H3,(H,14,17). The van der Waals surface area contributed by atoms with Crippen molar-refractivity contribution in [3.05, 3.63) is 28.3 Å². The number of rotatable bonds is 5. The van der Waals surface area contributed by atoms with Gasteiger partial charge in [0.2, 0.25) is 5.91 Å². The molecule has 1 aliphatic rings. The van der Waals surface area contributed by atoms with Gasteiger partial charge in [-0.1, -0.05) is 0 Å². The first kappa shape index (κ1) is 15.2. The molecule has 0 unspecified atom stereocenters. The molecule has 1 aromatic carbocycles. The van der Waals surface area contributed by atoms with E-state index in [0.29, 0.717) is 37.7 Å². The SMILES string of the molecule is COc1ccc([N+](=O)[O-])cc1NC(=O)CN1CCOCC1. The summed E-state index contributed by atoms with van der Waals surface area (Å²) in [4.78, 5) is 24.2. The zero-order valence-electron chi connectivity index (χ0n) is 11.7. The number of carbonyl (C=O) groups is 1. The van der Waals surface area contributed by atoms with Crippen molar-refractivity contribution in [2.24, 2.45) is 0 Å². The van der Waals surface area contributed by atoms with Crippen LogP contribution in [0.3, 0.4) is 0 Å². The van der Waals surface area contributed by atoms with Crippen molar-refractivity contribution in [1.29, 1.82) is 0 Å². The number of nitrogens with one attached hydrogen (secondary N) is 1. The first-order valence-electron chi connectivity index (χ1n) is 6.52. The van der Waals surface area contributed by atoms with Crippen LogP contribution < -0.4 is 10.1 Å². The Hall–Kier alpha value is -2.19. The Labute approximate surface area is 121 Å². The number of hydrogen-bond donors (Lipinski definition) is 1. The summed E-state index contributed by atoms with van der Waals surface area (Å²) in [5.74, 6) is 0.145. The Morgan fingerprint density at radius 1 is 1.48 bits per heavy atom. The van der Waals surface area contributed by atoms with Crippen LogP contribution in [0.15, 0.2) is 18.2 Å². The minimum atomic E-state index is -0.517. The molecule has 1 heterocycles. The number of nitro benzene ring substituents is 1. The van der Waals surface area contributed by atoms with Gasteiger partial charge in [0.25, 0.3) is 5.69 Å². The fraction of sp³-hybridized carbons (Fsp3) is 0.462. The predicted molar refractivity (Wildman–Crippen MR) is 75.5 cm³/mol.